The van der Waals surface area contributed by atoms with Crippen molar-refractivity contribution in [3.63, 3.8) is 0 Å². The Labute approximate surface area is 142 Å². The molecule has 0 spiro atoms. The van der Waals surface area contributed by atoms with Gasteiger partial charge in [0.25, 0.3) is 0 Å². The highest BCUT2D eigenvalue weighted by Gasteiger charge is 2.16. The number of rotatable bonds is 6. The van der Waals surface area contributed by atoms with Crippen molar-refractivity contribution in [2.24, 2.45) is 11.7 Å². The number of hydrogen-bond donors (Lipinski definition) is 3. The number of anilines is 2. The van der Waals surface area contributed by atoms with E-state index in [2.05, 4.69) is 10.3 Å². The van der Waals surface area contributed by atoms with Gasteiger partial charge in [-0.1, -0.05) is 13.8 Å². The molecule has 0 aliphatic heterocycles. The van der Waals surface area contributed by atoms with E-state index in [4.69, 9.17) is 16.2 Å². The van der Waals surface area contributed by atoms with E-state index in [0.717, 1.165) is 11.1 Å². The first-order chi connectivity index (χ1) is 11.4. The third-order valence-electron chi connectivity index (χ3n) is 3.62. The summed E-state index contributed by atoms with van der Waals surface area (Å²) >= 11 is 0. The van der Waals surface area contributed by atoms with Gasteiger partial charge < -0.3 is 21.5 Å². The first kappa shape index (κ1) is 17.7. The van der Waals surface area contributed by atoms with Crippen LogP contribution >= 0.6 is 0 Å². The summed E-state index contributed by atoms with van der Waals surface area (Å²) in [5, 5.41) is 2.83. The minimum absolute atomic E-state index is 0.202. The zero-order valence-corrected chi connectivity index (χ0v) is 14.2. The number of carbonyl (C=O) groups is 1. The molecule has 5 N–H and O–H groups in total. The standard InChI is InChI=1S/C18H24N4O2/c1-11(2)8-15(19)18(23)22-13-4-5-14(16(10-13)24-3)12-6-7-21-17(20)9-12/h4-7,9-11,15H,8,19H2,1-3H3,(H2,20,21)(H,22,23). The van der Waals surface area contributed by atoms with Gasteiger partial charge >= 0.3 is 0 Å². The number of methoxy groups -OCH3 is 1. The Kier molecular flexibility index (Phi) is 5.76. The molecule has 0 aliphatic rings. The van der Waals surface area contributed by atoms with Gasteiger partial charge in [-0.3, -0.25) is 4.79 Å². The van der Waals surface area contributed by atoms with Gasteiger partial charge in [0.05, 0.1) is 13.2 Å². The maximum atomic E-state index is 12.1. The van der Waals surface area contributed by atoms with Gasteiger partial charge in [-0.05, 0) is 42.2 Å². The van der Waals surface area contributed by atoms with Crippen molar-refractivity contribution in [2.45, 2.75) is 26.3 Å². The summed E-state index contributed by atoms with van der Waals surface area (Å²) in [4.78, 5) is 16.1. The summed E-state index contributed by atoms with van der Waals surface area (Å²) in [6.45, 7) is 4.07. The SMILES string of the molecule is COc1cc(NC(=O)C(N)CC(C)C)ccc1-c1ccnc(N)c1. The Bertz CT molecular complexity index is 716. The van der Waals surface area contributed by atoms with Gasteiger partial charge in [0.1, 0.15) is 11.6 Å². The summed E-state index contributed by atoms with van der Waals surface area (Å²) in [7, 11) is 1.58. The number of carbonyl (C=O) groups excluding carboxylic acids is 1. The summed E-state index contributed by atoms with van der Waals surface area (Å²) in [6, 6.07) is 8.55. The van der Waals surface area contributed by atoms with E-state index in [1.807, 2.05) is 32.0 Å². The van der Waals surface area contributed by atoms with Crippen LogP contribution in [0.1, 0.15) is 20.3 Å². The first-order valence-electron chi connectivity index (χ1n) is 7.87. The summed E-state index contributed by atoms with van der Waals surface area (Å²) in [5.74, 6) is 1.23. The topological polar surface area (TPSA) is 103 Å². The van der Waals surface area contributed by atoms with Crippen LogP contribution in [-0.2, 0) is 4.79 Å². The summed E-state index contributed by atoms with van der Waals surface area (Å²) in [5.41, 5.74) is 14.1. The van der Waals surface area contributed by atoms with Crippen LogP contribution in [0.15, 0.2) is 36.5 Å². The Hall–Kier alpha value is -2.60. The second-order valence-corrected chi connectivity index (χ2v) is 6.11. The molecule has 0 fully saturated rings. The summed E-state index contributed by atoms with van der Waals surface area (Å²) < 4.78 is 5.44. The number of hydrogen-bond acceptors (Lipinski definition) is 5. The molecule has 1 aromatic carbocycles. The molecular formula is C18H24N4O2. The lowest BCUT2D eigenvalue weighted by molar-refractivity contribution is -0.117. The van der Waals surface area contributed by atoms with Gasteiger partial charge in [-0.2, -0.15) is 0 Å². The Morgan fingerprint density at radius 3 is 2.67 bits per heavy atom. The monoisotopic (exact) mass is 328 g/mol. The van der Waals surface area contributed by atoms with Crippen molar-refractivity contribution < 1.29 is 9.53 Å². The molecule has 1 aromatic heterocycles. The van der Waals surface area contributed by atoms with Crippen LogP contribution in [0.25, 0.3) is 11.1 Å². The predicted octanol–water partition coefficient (Wildman–Crippen LogP) is 2.65. The van der Waals surface area contributed by atoms with Gasteiger partial charge in [-0.25, -0.2) is 4.98 Å². The van der Waals surface area contributed by atoms with Crippen LogP contribution in [0.5, 0.6) is 5.75 Å². The normalized spacial score (nSPS) is 12.0. The molecule has 24 heavy (non-hydrogen) atoms. The van der Waals surface area contributed by atoms with Crippen molar-refractivity contribution in [2.75, 3.05) is 18.2 Å². The second kappa shape index (κ2) is 7.79. The Balaban J connectivity index is 2.21. The molecule has 2 rings (SSSR count). The molecule has 2 aromatic rings. The molecule has 128 valence electrons. The molecule has 0 bridgehead atoms. The Morgan fingerprint density at radius 2 is 2.04 bits per heavy atom. The second-order valence-electron chi connectivity index (χ2n) is 6.11. The number of aromatic nitrogens is 1. The molecular weight excluding hydrogens is 304 g/mol. The minimum atomic E-state index is -0.532. The van der Waals surface area contributed by atoms with Crippen molar-refractivity contribution in [1.29, 1.82) is 0 Å². The molecule has 0 saturated heterocycles. The van der Waals surface area contributed by atoms with E-state index in [1.165, 1.54) is 0 Å². The molecule has 1 heterocycles. The van der Waals surface area contributed by atoms with E-state index < -0.39 is 6.04 Å². The number of nitrogen functional groups attached to an aromatic ring is 1. The lowest BCUT2D eigenvalue weighted by atomic mass is 10.0. The van der Waals surface area contributed by atoms with Crippen molar-refractivity contribution >= 4 is 17.4 Å². The molecule has 1 atom stereocenters. The molecule has 0 saturated carbocycles. The predicted molar refractivity (Wildman–Crippen MR) is 96.7 cm³/mol. The molecule has 6 nitrogen and oxygen atoms in total. The lowest BCUT2D eigenvalue weighted by Gasteiger charge is -2.16. The molecule has 0 aliphatic carbocycles. The third-order valence-corrected chi connectivity index (χ3v) is 3.62. The highest BCUT2D eigenvalue weighted by Crippen LogP contribution is 2.32. The van der Waals surface area contributed by atoms with Crippen LogP contribution in [0.4, 0.5) is 11.5 Å². The minimum Gasteiger partial charge on any atom is -0.496 e. The van der Waals surface area contributed by atoms with Crippen LogP contribution in [-0.4, -0.2) is 24.0 Å². The Morgan fingerprint density at radius 1 is 1.29 bits per heavy atom. The summed E-state index contributed by atoms with van der Waals surface area (Å²) in [6.07, 6.45) is 2.28. The van der Waals surface area contributed by atoms with Crippen LogP contribution in [0.3, 0.4) is 0 Å². The van der Waals surface area contributed by atoms with E-state index in [0.29, 0.717) is 29.6 Å². The highest BCUT2D eigenvalue weighted by molar-refractivity contribution is 5.95. The number of amides is 1. The average molecular weight is 328 g/mol. The van der Waals surface area contributed by atoms with E-state index in [-0.39, 0.29) is 5.91 Å². The van der Waals surface area contributed by atoms with E-state index in [9.17, 15) is 4.79 Å². The zero-order chi connectivity index (χ0) is 17.7. The zero-order valence-electron chi connectivity index (χ0n) is 14.2. The maximum absolute atomic E-state index is 12.1. The van der Waals surface area contributed by atoms with Gasteiger partial charge in [-0.15, -0.1) is 0 Å². The number of nitrogens with one attached hydrogen (secondary N) is 1. The maximum Gasteiger partial charge on any atom is 0.241 e. The highest BCUT2D eigenvalue weighted by atomic mass is 16.5. The largest absolute Gasteiger partial charge is 0.496 e. The van der Waals surface area contributed by atoms with Crippen molar-refractivity contribution in [3.05, 3.63) is 36.5 Å². The van der Waals surface area contributed by atoms with Crippen LogP contribution < -0.4 is 21.5 Å². The average Bonchev–Trinajstić information content (AvgIpc) is 2.54. The first-order valence-corrected chi connectivity index (χ1v) is 7.87. The number of ether oxygens (including phenoxy) is 1. The van der Waals surface area contributed by atoms with Gasteiger partial charge in [0.15, 0.2) is 0 Å². The number of nitrogens with two attached hydrogens (primary N) is 2. The molecule has 0 radical (unpaired) electrons. The number of nitrogens with zero attached hydrogens (tertiary/aromatic N) is 1. The number of benzene rings is 1. The molecule has 1 amide bonds. The smallest absolute Gasteiger partial charge is 0.241 e. The fourth-order valence-electron chi connectivity index (χ4n) is 2.47. The molecule has 6 heteroatoms. The van der Waals surface area contributed by atoms with E-state index >= 15 is 0 Å². The molecule has 1 unspecified atom stereocenters. The quantitative estimate of drug-likeness (QED) is 0.756. The van der Waals surface area contributed by atoms with E-state index in [1.54, 1.807) is 25.4 Å². The lowest BCUT2D eigenvalue weighted by Crippen LogP contribution is -2.36. The van der Waals surface area contributed by atoms with Gasteiger partial charge in [0.2, 0.25) is 5.91 Å². The van der Waals surface area contributed by atoms with Gasteiger partial charge in [0, 0.05) is 23.5 Å². The fourth-order valence-corrected chi connectivity index (χ4v) is 2.47. The van der Waals surface area contributed by atoms with Crippen LogP contribution in [0.2, 0.25) is 0 Å². The number of pyridine rings is 1. The van der Waals surface area contributed by atoms with Crippen molar-refractivity contribution in [3.8, 4) is 16.9 Å². The van der Waals surface area contributed by atoms with Crippen molar-refractivity contribution in [1.82, 2.24) is 4.98 Å². The third kappa shape index (κ3) is 4.45. The fraction of sp³-hybridized carbons (Fsp3) is 0.333. The van der Waals surface area contributed by atoms with Crippen LogP contribution in [0, 0.1) is 5.92 Å².